The molecule has 0 N–H and O–H groups in total. The Kier molecular flexibility index (Phi) is 2.98. The van der Waals surface area contributed by atoms with Gasteiger partial charge in [0.15, 0.2) is 5.82 Å². The van der Waals surface area contributed by atoms with E-state index in [0.29, 0.717) is 24.9 Å². The highest BCUT2D eigenvalue weighted by Gasteiger charge is 2.39. The second-order valence-corrected chi connectivity index (χ2v) is 6.13. The molecule has 1 aromatic rings. The van der Waals surface area contributed by atoms with E-state index in [1.54, 1.807) is 4.90 Å². The molecule has 0 radical (unpaired) electrons. The molecule has 2 saturated heterocycles. The van der Waals surface area contributed by atoms with Gasteiger partial charge in [0.05, 0.1) is 5.92 Å². The Hall–Kier alpha value is -2.25. The summed E-state index contributed by atoms with van der Waals surface area (Å²) in [6.45, 7) is 0.851. The highest BCUT2D eigenvalue weighted by atomic mass is 16.5. The molecule has 3 heterocycles. The van der Waals surface area contributed by atoms with Crippen LogP contribution < -0.4 is 0 Å². The quantitative estimate of drug-likeness (QED) is 0.728. The average molecular weight is 304 g/mol. The summed E-state index contributed by atoms with van der Waals surface area (Å²) in [6.07, 6.45) is 2.65. The van der Waals surface area contributed by atoms with E-state index in [2.05, 4.69) is 10.1 Å². The van der Waals surface area contributed by atoms with Crippen LogP contribution in [0.25, 0.3) is 0 Å². The van der Waals surface area contributed by atoms with Crippen molar-refractivity contribution >= 4 is 17.7 Å². The first-order valence-electron chi connectivity index (χ1n) is 7.56. The second kappa shape index (κ2) is 4.89. The number of aromatic nitrogens is 2. The van der Waals surface area contributed by atoms with E-state index in [-0.39, 0.29) is 43.0 Å². The molecule has 0 atom stereocenters. The third-order valence-corrected chi connectivity index (χ3v) is 4.43. The third-order valence-electron chi connectivity index (χ3n) is 4.43. The molecule has 8 heteroatoms. The summed E-state index contributed by atoms with van der Waals surface area (Å²) in [5.41, 5.74) is 0. The zero-order valence-corrected chi connectivity index (χ0v) is 12.0. The van der Waals surface area contributed by atoms with Crippen LogP contribution in [-0.2, 0) is 14.4 Å². The second-order valence-electron chi connectivity index (χ2n) is 6.13. The normalized spacial score (nSPS) is 22.4. The van der Waals surface area contributed by atoms with E-state index < -0.39 is 0 Å². The average Bonchev–Trinajstić information content (AvgIpc) is 3.12. The van der Waals surface area contributed by atoms with Crippen molar-refractivity contribution in [2.75, 3.05) is 19.6 Å². The van der Waals surface area contributed by atoms with Crippen LogP contribution in [0.4, 0.5) is 0 Å². The van der Waals surface area contributed by atoms with Crippen molar-refractivity contribution in [2.45, 2.75) is 37.5 Å². The zero-order chi connectivity index (χ0) is 15.3. The van der Waals surface area contributed by atoms with Gasteiger partial charge in [-0.1, -0.05) is 5.16 Å². The van der Waals surface area contributed by atoms with Crippen molar-refractivity contribution < 1.29 is 18.9 Å². The molecule has 0 unspecified atom stereocenters. The maximum atomic E-state index is 12.1. The van der Waals surface area contributed by atoms with E-state index in [1.165, 1.54) is 0 Å². The molecule has 0 bridgehead atoms. The number of carbonyl (C=O) groups excluding carboxylic acids is 3. The lowest BCUT2D eigenvalue weighted by Crippen LogP contribution is -2.52. The number of rotatable bonds is 4. The lowest BCUT2D eigenvalue weighted by atomic mass is 10.00. The standard InChI is InChI=1S/C14H16N4O4/c19-10-3-4-11(20)18(10)7-12(21)17-5-9(6-17)14-15-13(16-22-14)8-1-2-8/h8-9H,1-7H2. The fourth-order valence-corrected chi connectivity index (χ4v) is 2.79. The van der Waals surface area contributed by atoms with Crippen molar-refractivity contribution in [1.82, 2.24) is 19.9 Å². The van der Waals surface area contributed by atoms with Gasteiger partial charge in [-0.25, -0.2) is 0 Å². The predicted octanol–water partition coefficient (Wildman–Crippen LogP) is 0.0218. The largest absolute Gasteiger partial charge is 0.339 e. The molecule has 22 heavy (non-hydrogen) atoms. The van der Waals surface area contributed by atoms with Crippen LogP contribution in [0.3, 0.4) is 0 Å². The van der Waals surface area contributed by atoms with Crippen molar-refractivity contribution in [3.63, 3.8) is 0 Å². The first kappa shape index (κ1) is 13.4. The van der Waals surface area contributed by atoms with Crippen molar-refractivity contribution in [3.8, 4) is 0 Å². The number of hydrogen-bond acceptors (Lipinski definition) is 6. The smallest absolute Gasteiger partial charge is 0.242 e. The molecule has 1 saturated carbocycles. The topological polar surface area (TPSA) is 96.6 Å². The van der Waals surface area contributed by atoms with Gasteiger partial charge in [0.2, 0.25) is 23.6 Å². The first-order valence-corrected chi connectivity index (χ1v) is 7.56. The van der Waals surface area contributed by atoms with Crippen LogP contribution in [0.15, 0.2) is 4.52 Å². The van der Waals surface area contributed by atoms with Gasteiger partial charge in [-0.3, -0.25) is 19.3 Å². The monoisotopic (exact) mass is 304 g/mol. The lowest BCUT2D eigenvalue weighted by molar-refractivity contribution is -0.147. The van der Waals surface area contributed by atoms with Crippen LogP contribution in [0.2, 0.25) is 0 Å². The Morgan fingerprint density at radius 1 is 1.14 bits per heavy atom. The van der Waals surface area contributed by atoms with Gasteiger partial charge >= 0.3 is 0 Å². The molecule has 8 nitrogen and oxygen atoms in total. The summed E-state index contributed by atoms with van der Waals surface area (Å²) < 4.78 is 5.25. The molecule has 1 aromatic heterocycles. The van der Waals surface area contributed by atoms with Gasteiger partial charge in [-0.15, -0.1) is 0 Å². The molecule has 116 valence electrons. The minimum absolute atomic E-state index is 0.0638. The van der Waals surface area contributed by atoms with Crippen LogP contribution in [-0.4, -0.2) is 57.3 Å². The molecule has 2 aliphatic heterocycles. The fraction of sp³-hybridized carbons (Fsp3) is 0.643. The fourth-order valence-electron chi connectivity index (χ4n) is 2.79. The molecule has 0 spiro atoms. The molecule has 4 rings (SSSR count). The van der Waals surface area contributed by atoms with E-state index in [4.69, 9.17) is 4.52 Å². The van der Waals surface area contributed by atoms with Gasteiger partial charge in [-0.05, 0) is 12.8 Å². The Balaban J connectivity index is 1.31. The van der Waals surface area contributed by atoms with E-state index in [1.807, 2.05) is 0 Å². The van der Waals surface area contributed by atoms with Gasteiger partial charge in [0.25, 0.3) is 0 Å². The van der Waals surface area contributed by atoms with E-state index in [9.17, 15) is 14.4 Å². The van der Waals surface area contributed by atoms with Crippen LogP contribution in [0, 0.1) is 0 Å². The maximum absolute atomic E-state index is 12.1. The Morgan fingerprint density at radius 2 is 1.82 bits per heavy atom. The minimum Gasteiger partial charge on any atom is -0.339 e. The lowest BCUT2D eigenvalue weighted by Gasteiger charge is -2.37. The summed E-state index contributed by atoms with van der Waals surface area (Å²) >= 11 is 0. The van der Waals surface area contributed by atoms with Gasteiger partial charge in [0.1, 0.15) is 6.54 Å². The maximum Gasteiger partial charge on any atom is 0.242 e. The number of hydrogen-bond donors (Lipinski definition) is 0. The molecule has 3 amide bonds. The van der Waals surface area contributed by atoms with Crippen molar-refractivity contribution in [2.24, 2.45) is 0 Å². The van der Waals surface area contributed by atoms with Gasteiger partial charge in [0, 0.05) is 31.8 Å². The number of carbonyl (C=O) groups is 3. The van der Waals surface area contributed by atoms with Gasteiger partial charge in [-0.2, -0.15) is 4.98 Å². The Bertz CT molecular complexity index is 629. The third kappa shape index (κ3) is 2.28. The van der Waals surface area contributed by atoms with Crippen LogP contribution in [0.5, 0.6) is 0 Å². The number of amides is 3. The first-order chi connectivity index (χ1) is 10.6. The van der Waals surface area contributed by atoms with Crippen LogP contribution in [0.1, 0.15) is 49.2 Å². The predicted molar refractivity (Wildman–Crippen MR) is 71.5 cm³/mol. The molecule has 3 fully saturated rings. The minimum atomic E-state index is -0.263. The summed E-state index contributed by atoms with van der Waals surface area (Å²) in [7, 11) is 0. The van der Waals surface area contributed by atoms with E-state index >= 15 is 0 Å². The highest BCUT2D eigenvalue weighted by molar-refractivity contribution is 6.04. The molecule has 3 aliphatic rings. The molecular weight excluding hydrogens is 288 g/mol. The van der Waals surface area contributed by atoms with Crippen molar-refractivity contribution in [3.05, 3.63) is 11.7 Å². The van der Waals surface area contributed by atoms with Gasteiger partial charge < -0.3 is 9.42 Å². The summed E-state index contributed by atoms with van der Waals surface area (Å²) in [6, 6.07) is 0. The van der Waals surface area contributed by atoms with Crippen LogP contribution >= 0.6 is 0 Å². The Morgan fingerprint density at radius 3 is 2.45 bits per heavy atom. The summed E-state index contributed by atoms with van der Waals surface area (Å²) in [5.74, 6) is 1.13. The summed E-state index contributed by atoms with van der Waals surface area (Å²) in [5, 5.41) is 3.97. The van der Waals surface area contributed by atoms with E-state index in [0.717, 1.165) is 23.6 Å². The number of imide groups is 1. The zero-order valence-electron chi connectivity index (χ0n) is 12.0. The Labute approximate surface area is 126 Å². The number of likely N-dealkylation sites (tertiary alicyclic amines) is 2. The molecule has 1 aliphatic carbocycles. The van der Waals surface area contributed by atoms with Crippen molar-refractivity contribution in [1.29, 1.82) is 0 Å². The molecule has 0 aromatic carbocycles. The summed E-state index contributed by atoms with van der Waals surface area (Å²) in [4.78, 5) is 42.1. The number of nitrogens with zero attached hydrogens (tertiary/aromatic N) is 4. The molecular formula is C14H16N4O4. The SMILES string of the molecule is O=C(CN1C(=O)CCC1=O)N1CC(c2nc(C3CC3)no2)C1. The highest BCUT2D eigenvalue weighted by Crippen LogP contribution is 2.39.